The van der Waals surface area contributed by atoms with Crippen molar-refractivity contribution in [3.8, 4) is 0 Å². The molecule has 2 unspecified atom stereocenters. The molecule has 0 bridgehead atoms. The molecule has 1 heterocycles. The summed E-state index contributed by atoms with van der Waals surface area (Å²) in [5, 5.41) is 0. The molecule has 1 aliphatic heterocycles. The number of alkyl halides is 1. The number of hydrogen-bond acceptors (Lipinski definition) is 2. The summed E-state index contributed by atoms with van der Waals surface area (Å²) in [7, 11) is 0. The van der Waals surface area contributed by atoms with E-state index in [9.17, 15) is 4.79 Å². The number of carbonyl (C=O) groups excluding carboxylic acids is 1. The predicted octanol–water partition coefficient (Wildman–Crippen LogP) is 2.67. The van der Waals surface area contributed by atoms with Gasteiger partial charge in [0.25, 0.3) is 0 Å². The lowest BCUT2D eigenvalue weighted by Crippen LogP contribution is -2.51. The van der Waals surface area contributed by atoms with Crippen molar-refractivity contribution in [3.05, 3.63) is 0 Å². The number of carbonyl (C=O) groups is 1. The van der Waals surface area contributed by atoms with Crippen molar-refractivity contribution in [3.63, 3.8) is 0 Å². The van der Waals surface area contributed by atoms with Crippen LogP contribution >= 0.6 is 11.6 Å². The summed E-state index contributed by atoms with van der Waals surface area (Å²) in [6.07, 6.45) is 4.64. The molecule has 1 saturated carbocycles. The van der Waals surface area contributed by atoms with Crippen molar-refractivity contribution in [1.82, 2.24) is 4.90 Å². The van der Waals surface area contributed by atoms with Gasteiger partial charge < -0.3 is 9.64 Å². The van der Waals surface area contributed by atoms with E-state index in [1.54, 1.807) is 0 Å². The largest absolute Gasteiger partial charge is 0.373 e. The van der Waals surface area contributed by atoms with E-state index in [0.717, 1.165) is 19.4 Å². The first kappa shape index (κ1) is 14.1. The van der Waals surface area contributed by atoms with E-state index < -0.39 is 0 Å². The van der Waals surface area contributed by atoms with E-state index >= 15 is 0 Å². The molecular weight excluding hydrogens is 250 g/mol. The Hall–Kier alpha value is -0.280. The molecule has 0 spiro atoms. The molecule has 0 aromatic rings. The molecule has 2 aliphatic rings. The van der Waals surface area contributed by atoms with E-state index in [-0.39, 0.29) is 17.4 Å². The Morgan fingerprint density at radius 2 is 2.22 bits per heavy atom. The molecule has 2 fully saturated rings. The summed E-state index contributed by atoms with van der Waals surface area (Å²) in [5.41, 5.74) is 0.143. The van der Waals surface area contributed by atoms with Crippen molar-refractivity contribution in [2.24, 2.45) is 11.3 Å². The van der Waals surface area contributed by atoms with E-state index in [1.165, 1.54) is 12.8 Å². The van der Waals surface area contributed by atoms with Crippen LogP contribution < -0.4 is 0 Å². The van der Waals surface area contributed by atoms with Crippen LogP contribution in [-0.2, 0) is 9.53 Å². The van der Waals surface area contributed by atoms with Crippen LogP contribution in [0.3, 0.4) is 0 Å². The molecule has 4 heteroatoms. The molecule has 0 aromatic carbocycles. The Balaban J connectivity index is 2.01. The number of amides is 1. The number of ether oxygens (including phenoxy) is 1. The summed E-state index contributed by atoms with van der Waals surface area (Å²) >= 11 is 5.83. The van der Waals surface area contributed by atoms with Crippen molar-refractivity contribution in [2.75, 3.05) is 25.6 Å². The molecule has 1 aliphatic carbocycles. The quantitative estimate of drug-likeness (QED) is 0.724. The van der Waals surface area contributed by atoms with Crippen LogP contribution in [0.1, 0.15) is 39.5 Å². The fourth-order valence-corrected chi connectivity index (χ4v) is 3.37. The Bertz CT molecular complexity index is 306. The third-order valence-electron chi connectivity index (χ3n) is 4.43. The molecule has 0 radical (unpaired) electrons. The fourth-order valence-electron chi connectivity index (χ4n) is 3.19. The Morgan fingerprint density at radius 3 is 2.89 bits per heavy atom. The lowest BCUT2D eigenvalue weighted by Gasteiger charge is -2.42. The average Bonchev–Trinajstić information content (AvgIpc) is 2.37. The Kier molecular flexibility index (Phi) is 4.54. The zero-order valence-electron chi connectivity index (χ0n) is 11.5. The number of halogens is 1. The molecule has 1 saturated heterocycles. The molecule has 2 atom stereocenters. The summed E-state index contributed by atoms with van der Waals surface area (Å²) in [6.45, 7) is 6.46. The highest BCUT2D eigenvalue weighted by atomic mass is 35.5. The zero-order chi connectivity index (χ0) is 13.2. The van der Waals surface area contributed by atoms with E-state index in [1.807, 2.05) is 4.90 Å². The number of morpholine rings is 1. The monoisotopic (exact) mass is 273 g/mol. The second-order valence-corrected chi connectivity index (χ2v) is 6.53. The molecule has 0 aromatic heterocycles. The van der Waals surface area contributed by atoms with Crippen molar-refractivity contribution in [1.29, 1.82) is 0 Å². The second-order valence-electron chi connectivity index (χ2n) is 6.22. The SMILES string of the molecule is CC1(C)CCCCC1C(=O)N1CCOC(CCl)C1. The van der Waals surface area contributed by atoms with Gasteiger partial charge in [0.15, 0.2) is 0 Å². The van der Waals surface area contributed by atoms with Crippen LogP contribution in [0.5, 0.6) is 0 Å². The summed E-state index contributed by atoms with van der Waals surface area (Å²) in [4.78, 5) is 14.6. The van der Waals surface area contributed by atoms with Gasteiger partial charge in [0.2, 0.25) is 5.91 Å². The first-order valence-corrected chi connectivity index (χ1v) is 7.54. The number of hydrogen-bond donors (Lipinski definition) is 0. The minimum Gasteiger partial charge on any atom is -0.373 e. The molecule has 2 rings (SSSR count). The first-order chi connectivity index (χ1) is 8.54. The van der Waals surface area contributed by atoms with Gasteiger partial charge >= 0.3 is 0 Å². The zero-order valence-corrected chi connectivity index (χ0v) is 12.2. The van der Waals surface area contributed by atoms with Gasteiger partial charge in [-0.2, -0.15) is 0 Å². The standard InChI is InChI=1S/C14H24ClNO2/c1-14(2)6-4-3-5-12(14)13(17)16-7-8-18-11(9-15)10-16/h11-12H,3-10H2,1-2H3. The van der Waals surface area contributed by atoms with Crippen LogP contribution in [0.25, 0.3) is 0 Å². The van der Waals surface area contributed by atoms with Crippen LogP contribution in [0.15, 0.2) is 0 Å². The Labute approximate surface area is 115 Å². The van der Waals surface area contributed by atoms with Gasteiger partial charge in [0, 0.05) is 19.0 Å². The van der Waals surface area contributed by atoms with Crippen LogP contribution in [0.2, 0.25) is 0 Å². The molecule has 3 nitrogen and oxygen atoms in total. The van der Waals surface area contributed by atoms with Crippen LogP contribution in [-0.4, -0.2) is 42.5 Å². The maximum atomic E-state index is 12.7. The van der Waals surface area contributed by atoms with Gasteiger partial charge in [-0.05, 0) is 18.3 Å². The van der Waals surface area contributed by atoms with Gasteiger partial charge in [-0.1, -0.05) is 26.7 Å². The second kappa shape index (κ2) is 5.79. The molecule has 0 N–H and O–H groups in total. The molecule has 1 amide bonds. The number of nitrogens with zero attached hydrogens (tertiary/aromatic N) is 1. The first-order valence-electron chi connectivity index (χ1n) is 7.01. The lowest BCUT2D eigenvalue weighted by atomic mass is 9.68. The fraction of sp³-hybridized carbons (Fsp3) is 0.929. The highest BCUT2D eigenvalue weighted by Crippen LogP contribution is 2.41. The minimum absolute atomic E-state index is 0.0102. The third-order valence-corrected chi connectivity index (χ3v) is 4.77. The van der Waals surface area contributed by atoms with Crippen LogP contribution in [0.4, 0.5) is 0 Å². The smallest absolute Gasteiger partial charge is 0.226 e. The summed E-state index contributed by atoms with van der Waals surface area (Å²) in [5.74, 6) is 0.969. The summed E-state index contributed by atoms with van der Waals surface area (Å²) < 4.78 is 5.52. The van der Waals surface area contributed by atoms with Crippen molar-refractivity contribution >= 4 is 17.5 Å². The van der Waals surface area contributed by atoms with E-state index in [4.69, 9.17) is 16.3 Å². The molecule has 18 heavy (non-hydrogen) atoms. The van der Waals surface area contributed by atoms with Gasteiger partial charge in [-0.3, -0.25) is 4.79 Å². The average molecular weight is 274 g/mol. The van der Waals surface area contributed by atoms with Gasteiger partial charge in [0.1, 0.15) is 0 Å². The van der Waals surface area contributed by atoms with E-state index in [0.29, 0.717) is 24.9 Å². The molecular formula is C14H24ClNO2. The Morgan fingerprint density at radius 1 is 1.44 bits per heavy atom. The maximum absolute atomic E-state index is 12.7. The van der Waals surface area contributed by atoms with Gasteiger partial charge in [-0.25, -0.2) is 0 Å². The van der Waals surface area contributed by atoms with Gasteiger partial charge in [-0.15, -0.1) is 11.6 Å². The van der Waals surface area contributed by atoms with E-state index in [2.05, 4.69) is 13.8 Å². The minimum atomic E-state index is 0.0102. The number of rotatable bonds is 2. The normalized spacial score (nSPS) is 32.3. The van der Waals surface area contributed by atoms with Crippen molar-refractivity contribution in [2.45, 2.75) is 45.6 Å². The lowest BCUT2D eigenvalue weighted by molar-refractivity contribution is -0.147. The predicted molar refractivity (Wildman–Crippen MR) is 72.8 cm³/mol. The maximum Gasteiger partial charge on any atom is 0.226 e. The highest BCUT2D eigenvalue weighted by molar-refractivity contribution is 6.18. The topological polar surface area (TPSA) is 29.5 Å². The highest BCUT2D eigenvalue weighted by Gasteiger charge is 2.40. The third kappa shape index (κ3) is 3.00. The van der Waals surface area contributed by atoms with Crippen LogP contribution in [0, 0.1) is 11.3 Å². The summed E-state index contributed by atoms with van der Waals surface area (Å²) in [6, 6.07) is 0. The van der Waals surface area contributed by atoms with Gasteiger partial charge in [0.05, 0.1) is 18.6 Å². The molecule has 104 valence electrons. The van der Waals surface area contributed by atoms with Crippen molar-refractivity contribution < 1.29 is 9.53 Å².